The van der Waals surface area contributed by atoms with Crippen LogP contribution >= 0.6 is 11.6 Å². The zero-order chi connectivity index (χ0) is 26.1. The highest BCUT2D eigenvalue weighted by molar-refractivity contribution is 6.31. The van der Waals surface area contributed by atoms with Gasteiger partial charge in [-0.2, -0.15) is 0 Å². The number of benzene rings is 3. The van der Waals surface area contributed by atoms with Gasteiger partial charge in [-0.05, 0) is 47.1 Å². The molecule has 0 aliphatic heterocycles. The summed E-state index contributed by atoms with van der Waals surface area (Å²) in [6.07, 6.45) is 1.35. The Morgan fingerprint density at radius 1 is 0.889 bits per heavy atom. The number of aryl methyl sites for hydroxylation is 1. The predicted molar refractivity (Wildman–Crippen MR) is 148 cm³/mol. The van der Waals surface area contributed by atoms with Crippen molar-refractivity contribution in [1.29, 1.82) is 0 Å². The number of carbonyl (C=O) groups is 2. The van der Waals surface area contributed by atoms with Crippen molar-refractivity contribution in [3.63, 3.8) is 0 Å². The summed E-state index contributed by atoms with van der Waals surface area (Å²) in [4.78, 5) is 28.6. The van der Waals surface area contributed by atoms with Gasteiger partial charge in [0, 0.05) is 31.0 Å². The second-order valence-electron chi connectivity index (χ2n) is 10.2. The Hall–Kier alpha value is -3.11. The lowest BCUT2D eigenvalue weighted by Gasteiger charge is -2.32. The molecule has 1 atom stereocenters. The maximum absolute atomic E-state index is 13.7. The van der Waals surface area contributed by atoms with E-state index in [0.717, 1.165) is 16.7 Å². The SMILES string of the molecule is CCNC(=O)C(Cc1ccccc1)N(Cc1ccccc1Cl)C(=O)CCc1ccc(C(C)(C)C)cc1. The molecule has 1 unspecified atom stereocenters. The second kappa shape index (κ2) is 12.7. The highest BCUT2D eigenvalue weighted by Crippen LogP contribution is 2.24. The molecule has 3 rings (SSSR count). The molecule has 190 valence electrons. The Labute approximate surface area is 220 Å². The molecular weight excluding hydrogens is 468 g/mol. The third-order valence-electron chi connectivity index (χ3n) is 6.37. The molecule has 0 saturated carbocycles. The maximum Gasteiger partial charge on any atom is 0.243 e. The average Bonchev–Trinajstić information content (AvgIpc) is 2.86. The fourth-order valence-corrected chi connectivity index (χ4v) is 4.42. The topological polar surface area (TPSA) is 49.4 Å². The Balaban J connectivity index is 1.86. The molecule has 0 aliphatic carbocycles. The highest BCUT2D eigenvalue weighted by atomic mass is 35.5. The van der Waals surface area contributed by atoms with Crippen LogP contribution in [0.5, 0.6) is 0 Å². The van der Waals surface area contributed by atoms with Gasteiger partial charge >= 0.3 is 0 Å². The molecule has 2 amide bonds. The van der Waals surface area contributed by atoms with E-state index in [9.17, 15) is 9.59 Å². The van der Waals surface area contributed by atoms with E-state index < -0.39 is 6.04 Å². The molecule has 1 N–H and O–H groups in total. The molecule has 0 fully saturated rings. The van der Waals surface area contributed by atoms with Crippen molar-refractivity contribution in [3.8, 4) is 0 Å². The quantitative estimate of drug-likeness (QED) is 0.350. The minimum absolute atomic E-state index is 0.0676. The summed E-state index contributed by atoms with van der Waals surface area (Å²) in [5.74, 6) is -0.224. The molecule has 0 aromatic heterocycles. The summed E-state index contributed by atoms with van der Waals surface area (Å²) < 4.78 is 0. The molecule has 0 saturated heterocycles. The number of amides is 2. The van der Waals surface area contributed by atoms with Crippen molar-refractivity contribution in [2.45, 2.75) is 65.0 Å². The van der Waals surface area contributed by atoms with E-state index in [-0.39, 0.29) is 23.8 Å². The fraction of sp³-hybridized carbons (Fsp3) is 0.355. The molecule has 0 spiro atoms. The molecule has 36 heavy (non-hydrogen) atoms. The number of rotatable bonds is 10. The van der Waals surface area contributed by atoms with Crippen LogP contribution in [0.25, 0.3) is 0 Å². The van der Waals surface area contributed by atoms with Gasteiger partial charge in [0.15, 0.2) is 0 Å². The van der Waals surface area contributed by atoms with Crippen molar-refractivity contribution in [2.75, 3.05) is 6.54 Å². The van der Waals surface area contributed by atoms with E-state index in [4.69, 9.17) is 11.6 Å². The van der Waals surface area contributed by atoms with Gasteiger partial charge in [-0.3, -0.25) is 9.59 Å². The number of halogens is 1. The molecular formula is C31H37ClN2O2. The first-order valence-electron chi connectivity index (χ1n) is 12.6. The maximum atomic E-state index is 13.7. The van der Waals surface area contributed by atoms with Gasteiger partial charge in [0.25, 0.3) is 0 Å². The smallest absolute Gasteiger partial charge is 0.243 e. The third kappa shape index (κ3) is 7.69. The van der Waals surface area contributed by atoms with Crippen LogP contribution in [0.2, 0.25) is 5.02 Å². The summed E-state index contributed by atoms with van der Waals surface area (Å²) in [7, 11) is 0. The van der Waals surface area contributed by atoms with Crippen LogP contribution in [-0.4, -0.2) is 29.3 Å². The zero-order valence-corrected chi connectivity index (χ0v) is 22.5. The van der Waals surface area contributed by atoms with Crippen molar-refractivity contribution in [2.24, 2.45) is 0 Å². The second-order valence-corrected chi connectivity index (χ2v) is 10.6. The van der Waals surface area contributed by atoms with Gasteiger partial charge in [0.05, 0.1) is 0 Å². The van der Waals surface area contributed by atoms with Crippen LogP contribution in [0.4, 0.5) is 0 Å². The monoisotopic (exact) mass is 504 g/mol. The normalized spacial score (nSPS) is 12.1. The lowest BCUT2D eigenvalue weighted by molar-refractivity contribution is -0.141. The first-order chi connectivity index (χ1) is 17.2. The largest absolute Gasteiger partial charge is 0.355 e. The van der Waals surface area contributed by atoms with E-state index in [2.05, 4.69) is 50.4 Å². The molecule has 5 heteroatoms. The van der Waals surface area contributed by atoms with Crippen LogP contribution in [-0.2, 0) is 34.4 Å². The molecule has 3 aromatic carbocycles. The predicted octanol–water partition coefficient (Wildman–Crippen LogP) is 6.35. The van der Waals surface area contributed by atoms with E-state index in [1.165, 1.54) is 5.56 Å². The Morgan fingerprint density at radius 3 is 2.14 bits per heavy atom. The van der Waals surface area contributed by atoms with Crippen LogP contribution in [0, 0.1) is 0 Å². The summed E-state index contributed by atoms with van der Waals surface area (Å²) >= 11 is 6.46. The summed E-state index contributed by atoms with van der Waals surface area (Å²) in [5, 5.41) is 3.52. The van der Waals surface area contributed by atoms with Gasteiger partial charge < -0.3 is 10.2 Å². The fourth-order valence-electron chi connectivity index (χ4n) is 4.22. The van der Waals surface area contributed by atoms with Crippen LogP contribution in [0.15, 0.2) is 78.9 Å². The molecule has 0 bridgehead atoms. The van der Waals surface area contributed by atoms with Crippen molar-refractivity contribution < 1.29 is 9.59 Å². The van der Waals surface area contributed by atoms with E-state index in [1.54, 1.807) is 4.90 Å². The Morgan fingerprint density at radius 2 is 1.53 bits per heavy atom. The van der Waals surface area contributed by atoms with Gasteiger partial charge in [-0.1, -0.05) is 105 Å². The lowest BCUT2D eigenvalue weighted by Crippen LogP contribution is -2.50. The third-order valence-corrected chi connectivity index (χ3v) is 6.74. The van der Waals surface area contributed by atoms with Crippen molar-refractivity contribution >= 4 is 23.4 Å². The number of nitrogens with one attached hydrogen (secondary N) is 1. The standard InChI is InChI=1S/C31H37ClN2O2/c1-5-33-30(36)28(21-24-11-7-6-8-12-24)34(22-25-13-9-10-14-27(25)32)29(35)20-17-23-15-18-26(19-16-23)31(2,3)4/h6-16,18-19,28H,5,17,20-22H2,1-4H3,(H,33,36). The Kier molecular flexibility index (Phi) is 9.72. The molecule has 0 radical (unpaired) electrons. The van der Waals surface area contributed by atoms with E-state index in [0.29, 0.717) is 30.8 Å². The number of nitrogens with zero attached hydrogens (tertiary/aromatic N) is 1. The Bertz CT molecular complexity index is 1140. The lowest BCUT2D eigenvalue weighted by atomic mass is 9.86. The molecule has 0 aliphatic rings. The van der Waals surface area contributed by atoms with Crippen LogP contribution < -0.4 is 5.32 Å². The first kappa shape index (κ1) is 27.5. The minimum atomic E-state index is -0.639. The first-order valence-corrected chi connectivity index (χ1v) is 13.0. The van der Waals surface area contributed by atoms with E-state index >= 15 is 0 Å². The summed E-state index contributed by atoms with van der Waals surface area (Å²) in [5.41, 5.74) is 4.27. The summed E-state index contributed by atoms with van der Waals surface area (Å²) in [6.45, 7) is 9.22. The molecule has 3 aromatic rings. The number of hydrogen-bond acceptors (Lipinski definition) is 2. The van der Waals surface area contributed by atoms with Crippen molar-refractivity contribution in [1.82, 2.24) is 10.2 Å². The number of hydrogen-bond donors (Lipinski definition) is 1. The minimum Gasteiger partial charge on any atom is -0.355 e. The van der Waals surface area contributed by atoms with Gasteiger partial charge in [-0.15, -0.1) is 0 Å². The number of carbonyl (C=O) groups excluding carboxylic acids is 2. The van der Waals surface area contributed by atoms with Gasteiger partial charge in [0.2, 0.25) is 11.8 Å². The molecule has 0 heterocycles. The van der Waals surface area contributed by atoms with Crippen LogP contribution in [0.3, 0.4) is 0 Å². The zero-order valence-electron chi connectivity index (χ0n) is 21.8. The van der Waals surface area contributed by atoms with Crippen molar-refractivity contribution in [3.05, 3.63) is 106 Å². The molecule has 4 nitrogen and oxygen atoms in total. The van der Waals surface area contributed by atoms with Gasteiger partial charge in [0.1, 0.15) is 6.04 Å². The summed E-state index contributed by atoms with van der Waals surface area (Å²) in [6, 6.07) is 25.1. The average molecular weight is 505 g/mol. The number of likely N-dealkylation sites (N-methyl/N-ethyl adjacent to an activating group) is 1. The van der Waals surface area contributed by atoms with E-state index in [1.807, 2.05) is 61.5 Å². The van der Waals surface area contributed by atoms with Crippen LogP contribution in [0.1, 0.15) is 56.4 Å². The van der Waals surface area contributed by atoms with Gasteiger partial charge in [-0.25, -0.2) is 0 Å². The highest BCUT2D eigenvalue weighted by Gasteiger charge is 2.30.